The summed E-state index contributed by atoms with van der Waals surface area (Å²) in [6.07, 6.45) is 4.56. The standard InChI is InChI=1S/C12H18N2S/c1-12(6-4-8-15-12)10-13-9-11-5-2-3-7-14-11/h2-3,5,7,13H,4,6,8-10H2,1H3. The topological polar surface area (TPSA) is 24.9 Å². The van der Waals surface area contributed by atoms with Crippen molar-refractivity contribution < 1.29 is 0 Å². The second-order valence-electron chi connectivity index (χ2n) is 4.33. The molecule has 1 aromatic heterocycles. The summed E-state index contributed by atoms with van der Waals surface area (Å²) in [7, 11) is 0. The van der Waals surface area contributed by atoms with Gasteiger partial charge in [0.1, 0.15) is 0 Å². The van der Waals surface area contributed by atoms with Crippen LogP contribution in [-0.2, 0) is 6.54 Å². The number of hydrogen-bond donors (Lipinski definition) is 1. The molecular weight excluding hydrogens is 204 g/mol. The van der Waals surface area contributed by atoms with Crippen molar-refractivity contribution in [3.63, 3.8) is 0 Å². The van der Waals surface area contributed by atoms with E-state index in [4.69, 9.17) is 0 Å². The lowest BCUT2D eigenvalue weighted by molar-refractivity contribution is 0.534. The van der Waals surface area contributed by atoms with Gasteiger partial charge in [-0.25, -0.2) is 0 Å². The van der Waals surface area contributed by atoms with Gasteiger partial charge in [-0.1, -0.05) is 6.07 Å². The van der Waals surface area contributed by atoms with Crippen LogP contribution in [0.25, 0.3) is 0 Å². The Bertz CT molecular complexity index is 294. The number of thioether (sulfide) groups is 1. The zero-order chi connectivity index (χ0) is 10.6. The van der Waals surface area contributed by atoms with Crippen molar-refractivity contribution in [1.29, 1.82) is 0 Å². The van der Waals surface area contributed by atoms with Gasteiger partial charge in [-0.05, 0) is 37.7 Å². The molecule has 1 aliphatic heterocycles. The molecule has 0 aliphatic carbocycles. The SMILES string of the molecule is CC1(CNCc2ccccn2)CCCS1. The summed E-state index contributed by atoms with van der Waals surface area (Å²) in [4.78, 5) is 4.30. The number of nitrogens with one attached hydrogen (secondary N) is 1. The second kappa shape index (κ2) is 4.99. The summed E-state index contributed by atoms with van der Waals surface area (Å²) >= 11 is 2.10. The van der Waals surface area contributed by atoms with Crippen LogP contribution in [0.5, 0.6) is 0 Å². The van der Waals surface area contributed by atoms with E-state index in [9.17, 15) is 0 Å². The highest BCUT2D eigenvalue weighted by atomic mass is 32.2. The zero-order valence-corrected chi connectivity index (χ0v) is 10.0. The fraction of sp³-hybridized carbons (Fsp3) is 0.583. The van der Waals surface area contributed by atoms with Crippen LogP contribution in [0.1, 0.15) is 25.5 Å². The molecule has 3 heteroatoms. The highest BCUT2D eigenvalue weighted by molar-refractivity contribution is 8.00. The van der Waals surface area contributed by atoms with Crippen LogP contribution in [0.2, 0.25) is 0 Å². The summed E-state index contributed by atoms with van der Waals surface area (Å²) in [5, 5.41) is 3.50. The van der Waals surface area contributed by atoms with E-state index in [2.05, 4.69) is 35.1 Å². The number of rotatable bonds is 4. The van der Waals surface area contributed by atoms with E-state index in [0.29, 0.717) is 4.75 Å². The van der Waals surface area contributed by atoms with Crippen LogP contribution in [0, 0.1) is 0 Å². The Balaban J connectivity index is 1.75. The first-order valence-electron chi connectivity index (χ1n) is 5.53. The number of aromatic nitrogens is 1. The van der Waals surface area contributed by atoms with Gasteiger partial charge in [0.05, 0.1) is 5.69 Å². The Morgan fingerprint density at radius 2 is 2.47 bits per heavy atom. The first-order chi connectivity index (χ1) is 7.29. The van der Waals surface area contributed by atoms with Gasteiger partial charge >= 0.3 is 0 Å². The molecule has 0 bridgehead atoms. The molecule has 2 nitrogen and oxygen atoms in total. The van der Waals surface area contributed by atoms with E-state index >= 15 is 0 Å². The Morgan fingerprint density at radius 3 is 3.13 bits per heavy atom. The molecule has 1 aliphatic rings. The van der Waals surface area contributed by atoms with Gasteiger partial charge in [-0.15, -0.1) is 0 Å². The van der Waals surface area contributed by atoms with Gasteiger partial charge in [-0.3, -0.25) is 4.98 Å². The molecule has 1 N–H and O–H groups in total. The molecule has 1 saturated heterocycles. The molecule has 2 heterocycles. The van der Waals surface area contributed by atoms with Crippen molar-refractivity contribution in [3.05, 3.63) is 30.1 Å². The van der Waals surface area contributed by atoms with Gasteiger partial charge in [0, 0.05) is 24.0 Å². The maximum atomic E-state index is 4.30. The first kappa shape index (κ1) is 11.0. The van der Waals surface area contributed by atoms with E-state index in [1.165, 1.54) is 18.6 Å². The Labute approximate surface area is 95.9 Å². The largest absolute Gasteiger partial charge is 0.310 e. The molecule has 1 atom stereocenters. The molecule has 0 radical (unpaired) electrons. The number of nitrogens with zero attached hydrogens (tertiary/aromatic N) is 1. The first-order valence-corrected chi connectivity index (χ1v) is 6.52. The number of pyridine rings is 1. The van der Waals surface area contributed by atoms with E-state index in [1.807, 2.05) is 18.3 Å². The smallest absolute Gasteiger partial charge is 0.0541 e. The lowest BCUT2D eigenvalue weighted by Gasteiger charge is -2.22. The van der Waals surface area contributed by atoms with Gasteiger partial charge in [0.25, 0.3) is 0 Å². The molecular formula is C12H18N2S. The monoisotopic (exact) mass is 222 g/mol. The maximum absolute atomic E-state index is 4.30. The van der Waals surface area contributed by atoms with Crippen molar-refractivity contribution in [2.45, 2.75) is 31.1 Å². The van der Waals surface area contributed by atoms with E-state index in [0.717, 1.165) is 18.8 Å². The average molecular weight is 222 g/mol. The summed E-state index contributed by atoms with van der Waals surface area (Å²) in [6.45, 7) is 4.33. The van der Waals surface area contributed by atoms with Gasteiger partial charge < -0.3 is 5.32 Å². The molecule has 15 heavy (non-hydrogen) atoms. The van der Waals surface area contributed by atoms with E-state index < -0.39 is 0 Å². The Kier molecular flexibility index (Phi) is 3.65. The molecule has 0 aromatic carbocycles. The second-order valence-corrected chi connectivity index (χ2v) is 6.01. The third-order valence-electron chi connectivity index (χ3n) is 2.83. The van der Waals surface area contributed by atoms with Crippen LogP contribution in [0.15, 0.2) is 24.4 Å². The van der Waals surface area contributed by atoms with Crippen LogP contribution >= 0.6 is 11.8 Å². The minimum Gasteiger partial charge on any atom is -0.310 e. The molecule has 0 saturated carbocycles. The van der Waals surface area contributed by atoms with Crippen LogP contribution in [0.4, 0.5) is 0 Å². The lowest BCUT2D eigenvalue weighted by Crippen LogP contribution is -2.32. The predicted octanol–water partition coefficient (Wildman–Crippen LogP) is 2.46. The third-order valence-corrected chi connectivity index (χ3v) is 4.37. The minimum absolute atomic E-state index is 0.453. The molecule has 2 rings (SSSR count). The van der Waals surface area contributed by atoms with Crippen molar-refractivity contribution in [3.8, 4) is 0 Å². The minimum atomic E-state index is 0.453. The highest BCUT2D eigenvalue weighted by Crippen LogP contribution is 2.36. The molecule has 1 aromatic rings. The highest BCUT2D eigenvalue weighted by Gasteiger charge is 2.28. The Hall–Kier alpha value is -0.540. The van der Waals surface area contributed by atoms with Crippen molar-refractivity contribution in [2.75, 3.05) is 12.3 Å². The molecule has 1 fully saturated rings. The number of hydrogen-bond acceptors (Lipinski definition) is 3. The summed E-state index contributed by atoms with van der Waals surface area (Å²) < 4.78 is 0.453. The molecule has 0 spiro atoms. The zero-order valence-electron chi connectivity index (χ0n) is 9.20. The van der Waals surface area contributed by atoms with Crippen LogP contribution < -0.4 is 5.32 Å². The van der Waals surface area contributed by atoms with Crippen LogP contribution in [-0.4, -0.2) is 22.0 Å². The third kappa shape index (κ3) is 3.21. The maximum Gasteiger partial charge on any atom is 0.0541 e. The Morgan fingerprint density at radius 1 is 1.53 bits per heavy atom. The van der Waals surface area contributed by atoms with Crippen molar-refractivity contribution >= 4 is 11.8 Å². The van der Waals surface area contributed by atoms with Gasteiger partial charge in [-0.2, -0.15) is 11.8 Å². The van der Waals surface area contributed by atoms with Crippen LogP contribution in [0.3, 0.4) is 0 Å². The van der Waals surface area contributed by atoms with Gasteiger partial charge in [0.15, 0.2) is 0 Å². The lowest BCUT2D eigenvalue weighted by atomic mass is 10.1. The average Bonchev–Trinajstić information content (AvgIpc) is 2.67. The normalized spacial score (nSPS) is 25.7. The predicted molar refractivity (Wildman–Crippen MR) is 66.0 cm³/mol. The fourth-order valence-electron chi connectivity index (χ4n) is 1.93. The van der Waals surface area contributed by atoms with E-state index in [-0.39, 0.29) is 0 Å². The molecule has 0 amide bonds. The van der Waals surface area contributed by atoms with Crippen molar-refractivity contribution in [1.82, 2.24) is 10.3 Å². The van der Waals surface area contributed by atoms with E-state index in [1.54, 1.807) is 0 Å². The molecule has 82 valence electrons. The van der Waals surface area contributed by atoms with Gasteiger partial charge in [0.2, 0.25) is 0 Å². The quantitative estimate of drug-likeness (QED) is 0.847. The van der Waals surface area contributed by atoms with Crippen molar-refractivity contribution in [2.24, 2.45) is 0 Å². The summed E-state index contributed by atoms with van der Waals surface area (Å²) in [5.41, 5.74) is 1.13. The summed E-state index contributed by atoms with van der Waals surface area (Å²) in [6, 6.07) is 6.06. The fourth-order valence-corrected chi connectivity index (χ4v) is 3.21. The molecule has 1 unspecified atom stereocenters. The summed E-state index contributed by atoms with van der Waals surface area (Å²) in [5.74, 6) is 1.32.